The fourth-order valence-electron chi connectivity index (χ4n) is 2.26. The number of thiazole rings is 1. The van der Waals surface area contributed by atoms with Crippen molar-refractivity contribution < 1.29 is 0 Å². The van der Waals surface area contributed by atoms with E-state index in [1.165, 1.54) is 10.4 Å². The molecule has 3 aromatic rings. The van der Waals surface area contributed by atoms with Gasteiger partial charge in [-0.15, -0.1) is 11.3 Å². The zero-order chi connectivity index (χ0) is 13.8. The van der Waals surface area contributed by atoms with E-state index >= 15 is 0 Å². The third kappa shape index (κ3) is 2.89. The summed E-state index contributed by atoms with van der Waals surface area (Å²) < 4.78 is 2.22. The average Bonchev–Trinajstić information content (AvgIpc) is 3.06. The number of nitrogens with zero attached hydrogens (tertiary/aromatic N) is 3. The van der Waals surface area contributed by atoms with Gasteiger partial charge in [-0.25, -0.2) is 9.97 Å². The Kier molecular flexibility index (Phi) is 4.08. The normalized spacial score (nSPS) is 11.2. The van der Waals surface area contributed by atoms with Gasteiger partial charge in [-0.3, -0.25) is 0 Å². The monoisotopic (exact) mass is 286 g/mol. The largest absolute Gasteiger partial charge is 0.331 e. The van der Waals surface area contributed by atoms with E-state index in [2.05, 4.69) is 45.0 Å². The number of nitrogens with one attached hydrogen (secondary N) is 1. The first-order valence-electron chi connectivity index (χ1n) is 6.84. The van der Waals surface area contributed by atoms with E-state index in [0.29, 0.717) is 0 Å². The van der Waals surface area contributed by atoms with Crippen LogP contribution in [-0.4, -0.2) is 21.1 Å². The smallest absolute Gasteiger partial charge is 0.0958 e. The lowest BCUT2D eigenvalue weighted by atomic mass is 10.3. The summed E-state index contributed by atoms with van der Waals surface area (Å²) in [6.07, 6.45) is 3.02. The predicted octanol–water partition coefficient (Wildman–Crippen LogP) is 2.98. The summed E-state index contributed by atoms with van der Waals surface area (Å²) in [5.74, 6) is 0. The maximum Gasteiger partial charge on any atom is 0.0958 e. The van der Waals surface area contributed by atoms with E-state index in [-0.39, 0.29) is 0 Å². The van der Waals surface area contributed by atoms with Crippen LogP contribution in [0.2, 0.25) is 0 Å². The molecule has 0 amide bonds. The molecule has 0 fully saturated rings. The van der Waals surface area contributed by atoms with Crippen molar-refractivity contribution in [2.45, 2.75) is 26.4 Å². The number of imidazole rings is 1. The van der Waals surface area contributed by atoms with Gasteiger partial charge < -0.3 is 9.88 Å². The van der Waals surface area contributed by atoms with Crippen LogP contribution in [0.15, 0.2) is 36.1 Å². The van der Waals surface area contributed by atoms with Crippen molar-refractivity contribution in [3.05, 3.63) is 46.7 Å². The second-order valence-electron chi connectivity index (χ2n) is 4.82. The van der Waals surface area contributed by atoms with Crippen molar-refractivity contribution in [2.75, 3.05) is 6.54 Å². The van der Waals surface area contributed by atoms with Gasteiger partial charge in [0.1, 0.15) is 0 Å². The van der Waals surface area contributed by atoms with Crippen molar-refractivity contribution in [3.63, 3.8) is 0 Å². The summed E-state index contributed by atoms with van der Waals surface area (Å²) in [4.78, 5) is 9.99. The first-order chi connectivity index (χ1) is 9.84. The first kappa shape index (κ1) is 13.3. The predicted molar refractivity (Wildman–Crippen MR) is 82.9 cm³/mol. The lowest BCUT2D eigenvalue weighted by Gasteiger charge is -2.06. The summed E-state index contributed by atoms with van der Waals surface area (Å²) >= 11 is 1.72. The van der Waals surface area contributed by atoms with Gasteiger partial charge in [-0.2, -0.15) is 0 Å². The molecule has 104 valence electrons. The highest BCUT2D eigenvalue weighted by molar-refractivity contribution is 7.09. The maximum atomic E-state index is 4.41. The number of hydrogen-bond donors (Lipinski definition) is 1. The molecule has 20 heavy (non-hydrogen) atoms. The average molecular weight is 286 g/mol. The quantitative estimate of drug-likeness (QED) is 0.708. The summed E-state index contributed by atoms with van der Waals surface area (Å²) in [5, 5.41) is 3.48. The Bertz CT molecular complexity index is 686. The zero-order valence-electron chi connectivity index (χ0n) is 11.5. The fourth-order valence-corrected chi connectivity index (χ4v) is 3.01. The molecular formula is C15H18N4S. The van der Waals surface area contributed by atoms with Gasteiger partial charge in [0.25, 0.3) is 0 Å². The van der Waals surface area contributed by atoms with Crippen LogP contribution in [0.25, 0.3) is 11.0 Å². The van der Waals surface area contributed by atoms with E-state index in [1.54, 1.807) is 11.3 Å². The maximum absolute atomic E-state index is 4.41. The third-order valence-electron chi connectivity index (χ3n) is 3.41. The lowest BCUT2D eigenvalue weighted by Crippen LogP contribution is -2.16. The standard InChI is InChI=1S/C15H18N4S/c1-12-15(20-11-18-12)9-16-7-4-8-19-10-17-13-5-2-3-6-14(13)19/h2-3,5-6,10-11,16H,4,7-9H2,1H3. The molecule has 0 aliphatic heterocycles. The third-order valence-corrected chi connectivity index (χ3v) is 4.35. The summed E-state index contributed by atoms with van der Waals surface area (Å²) in [7, 11) is 0. The van der Waals surface area contributed by atoms with E-state index in [9.17, 15) is 0 Å². The van der Waals surface area contributed by atoms with Crippen LogP contribution in [-0.2, 0) is 13.1 Å². The fraction of sp³-hybridized carbons (Fsp3) is 0.333. The van der Waals surface area contributed by atoms with Crippen molar-refractivity contribution in [2.24, 2.45) is 0 Å². The number of hydrogen-bond acceptors (Lipinski definition) is 4. The molecule has 0 spiro atoms. The second kappa shape index (κ2) is 6.15. The van der Waals surface area contributed by atoms with E-state index in [0.717, 1.165) is 37.3 Å². The first-order valence-corrected chi connectivity index (χ1v) is 7.72. The number of aryl methyl sites for hydroxylation is 2. The molecular weight excluding hydrogens is 268 g/mol. The minimum atomic E-state index is 0.918. The molecule has 2 heterocycles. The SMILES string of the molecule is Cc1ncsc1CNCCCn1cnc2ccccc21. The molecule has 2 aromatic heterocycles. The van der Waals surface area contributed by atoms with Gasteiger partial charge in [0.2, 0.25) is 0 Å². The Hall–Kier alpha value is -1.72. The van der Waals surface area contributed by atoms with Crippen molar-refractivity contribution in [1.29, 1.82) is 0 Å². The molecule has 4 nitrogen and oxygen atoms in total. The van der Waals surface area contributed by atoms with Crippen LogP contribution in [0.1, 0.15) is 17.0 Å². The van der Waals surface area contributed by atoms with Gasteiger partial charge >= 0.3 is 0 Å². The molecule has 0 saturated carbocycles. The molecule has 0 saturated heterocycles. The number of benzene rings is 1. The van der Waals surface area contributed by atoms with Gasteiger partial charge in [-0.05, 0) is 32.0 Å². The van der Waals surface area contributed by atoms with Crippen LogP contribution >= 0.6 is 11.3 Å². The molecule has 0 atom stereocenters. The molecule has 5 heteroatoms. The second-order valence-corrected chi connectivity index (χ2v) is 5.76. The Labute approximate surface area is 122 Å². The Balaban J connectivity index is 1.47. The summed E-state index contributed by atoms with van der Waals surface area (Å²) in [5.41, 5.74) is 5.33. The van der Waals surface area contributed by atoms with Crippen LogP contribution < -0.4 is 5.32 Å². The number of rotatable bonds is 6. The molecule has 1 aromatic carbocycles. The Morgan fingerprint density at radius 1 is 1.25 bits per heavy atom. The van der Waals surface area contributed by atoms with Crippen molar-refractivity contribution in [3.8, 4) is 0 Å². The molecule has 0 unspecified atom stereocenters. The zero-order valence-corrected chi connectivity index (χ0v) is 12.4. The highest BCUT2D eigenvalue weighted by Crippen LogP contribution is 2.12. The molecule has 0 aliphatic rings. The number of para-hydroxylation sites is 2. The topological polar surface area (TPSA) is 42.7 Å². The van der Waals surface area contributed by atoms with Crippen LogP contribution in [0.4, 0.5) is 0 Å². The van der Waals surface area contributed by atoms with E-state index in [4.69, 9.17) is 0 Å². The van der Waals surface area contributed by atoms with Crippen molar-refractivity contribution in [1.82, 2.24) is 19.9 Å². The van der Waals surface area contributed by atoms with Crippen LogP contribution in [0.3, 0.4) is 0 Å². The minimum Gasteiger partial charge on any atom is -0.331 e. The van der Waals surface area contributed by atoms with Gasteiger partial charge in [-0.1, -0.05) is 12.1 Å². The summed E-state index contributed by atoms with van der Waals surface area (Å²) in [6, 6.07) is 8.26. The minimum absolute atomic E-state index is 0.918. The van der Waals surface area contributed by atoms with Crippen molar-refractivity contribution >= 4 is 22.4 Å². The molecule has 0 bridgehead atoms. The molecule has 0 aliphatic carbocycles. The highest BCUT2D eigenvalue weighted by Gasteiger charge is 2.02. The molecule has 0 radical (unpaired) electrons. The number of fused-ring (bicyclic) bond motifs is 1. The van der Waals surface area contributed by atoms with Gasteiger partial charge in [0, 0.05) is 18.0 Å². The van der Waals surface area contributed by atoms with E-state index < -0.39 is 0 Å². The van der Waals surface area contributed by atoms with E-state index in [1.807, 2.05) is 17.9 Å². The highest BCUT2D eigenvalue weighted by atomic mass is 32.1. The molecule has 1 N–H and O–H groups in total. The summed E-state index contributed by atoms with van der Waals surface area (Å²) in [6.45, 7) is 4.98. The van der Waals surface area contributed by atoms with Crippen LogP contribution in [0, 0.1) is 6.92 Å². The Morgan fingerprint density at radius 2 is 2.15 bits per heavy atom. The lowest BCUT2D eigenvalue weighted by molar-refractivity contribution is 0.590. The van der Waals surface area contributed by atoms with Crippen LogP contribution in [0.5, 0.6) is 0 Å². The Morgan fingerprint density at radius 3 is 3.00 bits per heavy atom. The van der Waals surface area contributed by atoms with Gasteiger partial charge in [0.15, 0.2) is 0 Å². The molecule has 3 rings (SSSR count). The van der Waals surface area contributed by atoms with Gasteiger partial charge in [0.05, 0.1) is 28.6 Å². The number of aromatic nitrogens is 3.